The van der Waals surface area contributed by atoms with E-state index in [2.05, 4.69) is 11.4 Å². The van der Waals surface area contributed by atoms with E-state index in [9.17, 15) is 4.79 Å². The van der Waals surface area contributed by atoms with Crippen LogP contribution in [0.25, 0.3) is 11.1 Å². The Labute approximate surface area is 117 Å². The fraction of sp³-hybridized carbons (Fsp3) is 0.176. The third kappa shape index (κ3) is 2.17. The minimum atomic E-state index is -0.802. The molecule has 1 saturated carbocycles. The van der Waals surface area contributed by atoms with Gasteiger partial charge in [0.15, 0.2) is 0 Å². The van der Waals surface area contributed by atoms with Gasteiger partial charge in [-0.05, 0) is 24.5 Å². The first-order valence-corrected chi connectivity index (χ1v) is 6.62. The summed E-state index contributed by atoms with van der Waals surface area (Å²) in [7, 11) is 0. The summed E-state index contributed by atoms with van der Waals surface area (Å²) < 4.78 is 0. The number of nitriles is 1. The summed E-state index contributed by atoms with van der Waals surface area (Å²) in [5.74, 6) is -0.191. The van der Waals surface area contributed by atoms with E-state index in [0.29, 0.717) is 12.8 Å². The summed E-state index contributed by atoms with van der Waals surface area (Å²) >= 11 is 0. The number of anilines is 1. The van der Waals surface area contributed by atoms with Crippen LogP contribution in [0, 0.1) is 16.7 Å². The summed E-state index contributed by atoms with van der Waals surface area (Å²) in [5.41, 5.74) is 1.97. The number of para-hydroxylation sites is 1. The molecule has 1 N–H and O–H groups in total. The highest BCUT2D eigenvalue weighted by Crippen LogP contribution is 2.46. The van der Waals surface area contributed by atoms with Crippen molar-refractivity contribution in [3.8, 4) is 17.2 Å². The van der Waals surface area contributed by atoms with Crippen molar-refractivity contribution < 1.29 is 4.79 Å². The molecule has 0 aromatic heterocycles. The molecule has 0 atom stereocenters. The van der Waals surface area contributed by atoms with E-state index in [4.69, 9.17) is 5.26 Å². The smallest absolute Gasteiger partial charge is 0.244 e. The number of amides is 1. The maximum atomic E-state index is 12.2. The van der Waals surface area contributed by atoms with Crippen molar-refractivity contribution in [2.75, 3.05) is 5.32 Å². The zero-order chi connectivity index (χ0) is 14.0. The molecule has 0 unspecified atom stereocenters. The number of nitrogens with zero attached hydrogens (tertiary/aromatic N) is 1. The molecule has 3 rings (SSSR count). The minimum absolute atomic E-state index is 0.191. The number of carbonyl (C=O) groups is 1. The zero-order valence-electron chi connectivity index (χ0n) is 11.0. The van der Waals surface area contributed by atoms with Gasteiger partial charge < -0.3 is 5.32 Å². The Morgan fingerprint density at radius 3 is 2.35 bits per heavy atom. The van der Waals surface area contributed by atoms with Crippen LogP contribution in [0.2, 0.25) is 0 Å². The summed E-state index contributed by atoms with van der Waals surface area (Å²) in [6.45, 7) is 0. The third-order valence-electron chi connectivity index (χ3n) is 3.66. The Balaban J connectivity index is 1.92. The van der Waals surface area contributed by atoms with E-state index in [1.807, 2.05) is 54.6 Å². The van der Waals surface area contributed by atoms with Crippen molar-refractivity contribution in [3.63, 3.8) is 0 Å². The van der Waals surface area contributed by atoms with E-state index in [1.54, 1.807) is 0 Å². The lowest BCUT2D eigenvalue weighted by Crippen LogP contribution is -2.23. The van der Waals surface area contributed by atoms with Crippen molar-refractivity contribution >= 4 is 11.6 Å². The van der Waals surface area contributed by atoms with Gasteiger partial charge in [0.25, 0.3) is 0 Å². The molecule has 0 spiro atoms. The average molecular weight is 262 g/mol. The Hall–Kier alpha value is -2.60. The Bertz CT molecular complexity index is 682. The van der Waals surface area contributed by atoms with Gasteiger partial charge in [-0.3, -0.25) is 4.79 Å². The Kier molecular flexibility index (Phi) is 3.00. The number of rotatable bonds is 3. The minimum Gasteiger partial charge on any atom is -0.324 e. The SMILES string of the molecule is N#CC1(C(=O)Nc2ccccc2-c2ccccc2)CC1. The molecular formula is C17H14N2O. The standard InChI is InChI=1S/C17H14N2O/c18-12-17(10-11-17)16(20)19-15-9-5-4-8-14(15)13-6-2-1-3-7-13/h1-9H,10-11H2,(H,19,20). The van der Waals surface area contributed by atoms with Gasteiger partial charge in [-0.1, -0.05) is 48.5 Å². The number of hydrogen-bond donors (Lipinski definition) is 1. The van der Waals surface area contributed by atoms with Crippen LogP contribution in [-0.2, 0) is 4.79 Å². The van der Waals surface area contributed by atoms with Gasteiger partial charge in [-0.2, -0.15) is 5.26 Å². The molecule has 2 aromatic rings. The van der Waals surface area contributed by atoms with Gasteiger partial charge in [0.1, 0.15) is 5.41 Å². The molecule has 2 aromatic carbocycles. The largest absolute Gasteiger partial charge is 0.324 e. The first-order chi connectivity index (χ1) is 9.75. The second-order valence-corrected chi connectivity index (χ2v) is 5.06. The molecule has 1 fully saturated rings. The van der Waals surface area contributed by atoms with Crippen molar-refractivity contribution in [2.45, 2.75) is 12.8 Å². The van der Waals surface area contributed by atoms with E-state index in [1.165, 1.54) is 0 Å². The highest BCUT2D eigenvalue weighted by atomic mass is 16.2. The van der Waals surface area contributed by atoms with Crippen LogP contribution in [0.4, 0.5) is 5.69 Å². The molecule has 0 saturated heterocycles. The van der Waals surface area contributed by atoms with Crippen LogP contribution in [-0.4, -0.2) is 5.91 Å². The van der Waals surface area contributed by atoms with Crippen LogP contribution in [0.5, 0.6) is 0 Å². The average Bonchev–Trinajstić information content (AvgIpc) is 3.30. The number of benzene rings is 2. The number of hydrogen-bond acceptors (Lipinski definition) is 2. The molecule has 0 heterocycles. The highest BCUT2D eigenvalue weighted by Gasteiger charge is 2.50. The zero-order valence-corrected chi connectivity index (χ0v) is 11.0. The second kappa shape index (κ2) is 4.82. The molecular weight excluding hydrogens is 248 g/mol. The van der Waals surface area contributed by atoms with Crippen LogP contribution < -0.4 is 5.32 Å². The molecule has 98 valence electrons. The summed E-state index contributed by atoms with van der Waals surface area (Å²) in [6, 6.07) is 19.7. The number of carbonyl (C=O) groups excluding carboxylic acids is 1. The molecule has 20 heavy (non-hydrogen) atoms. The summed E-state index contributed by atoms with van der Waals surface area (Å²) in [4.78, 5) is 12.2. The van der Waals surface area contributed by atoms with Gasteiger partial charge in [-0.15, -0.1) is 0 Å². The molecule has 1 aliphatic carbocycles. The lowest BCUT2D eigenvalue weighted by atomic mass is 10.0. The lowest BCUT2D eigenvalue weighted by Gasteiger charge is -2.13. The van der Waals surface area contributed by atoms with E-state index >= 15 is 0 Å². The molecule has 0 radical (unpaired) electrons. The normalized spacial score (nSPS) is 15.2. The summed E-state index contributed by atoms with van der Waals surface area (Å²) in [5, 5.41) is 12.0. The molecule has 1 amide bonds. The maximum absolute atomic E-state index is 12.2. The van der Waals surface area contributed by atoms with Crippen molar-refractivity contribution in [3.05, 3.63) is 54.6 Å². The van der Waals surface area contributed by atoms with Gasteiger partial charge in [0.05, 0.1) is 6.07 Å². The van der Waals surface area contributed by atoms with Gasteiger partial charge in [0.2, 0.25) is 5.91 Å². The quantitative estimate of drug-likeness (QED) is 0.918. The van der Waals surface area contributed by atoms with E-state index in [-0.39, 0.29) is 5.91 Å². The Morgan fingerprint density at radius 1 is 1.05 bits per heavy atom. The van der Waals surface area contributed by atoms with Crippen molar-refractivity contribution in [1.82, 2.24) is 0 Å². The van der Waals surface area contributed by atoms with Crippen molar-refractivity contribution in [2.24, 2.45) is 5.41 Å². The first kappa shape index (κ1) is 12.4. The van der Waals surface area contributed by atoms with Crippen LogP contribution in [0.3, 0.4) is 0 Å². The maximum Gasteiger partial charge on any atom is 0.244 e. The molecule has 0 bridgehead atoms. The Morgan fingerprint density at radius 2 is 1.70 bits per heavy atom. The third-order valence-corrected chi connectivity index (χ3v) is 3.66. The van der Waals surface area contributed by atoms with Gasteiger partial charge in [0, 0.05) is 11.3 Å². The predicted octanol–water partition coefficient (Wildman–Crippen LogP) is 3.60. The summed E-state index contributed by atoms with van der Waals surface area (Å²) in [6.07, 6.45) is 1.31. The van der Waals surface area contributed by atoms with Crippen LogP contribution >= 0.6 is 0 Å². The fourth-order valence-corrected chi connectivity index (χ4v) is 2.22. The fourth-order valence-electron chi connectivity index (χ4n) is 2.22. The van der Waals surface area contributed by atoms with Crippen LogP contribution in [0.1, 0.15) is 12.8 Å². The molecule has 3 heteroatoms. The molecule has 1 aliphatic rings. The predicted molar refractivity (Wildman–Crippen MR) is 77.8 cm³/mol. The van der Waals surface area contributed by atoms with E-state index < -0.39 is 5.41 Å². The number of nitrogens with one attached hydrogen (secondary N) is 1. The molecule has 0 aliphatic heterocycles. The van der Waals surface area contributed by atoms with Gasteiger partial charge >= 0.3 is 0 Å². The van der Waals surface area contributed by atoms with Gasteiger partial charge in [-0.25, -0.2) is 0 Å². The van der Waals surface area contributed by atoms with Crippen LogP contribution in [0.15, 0.2) is 54.6 Å². The topological polar surface area (TPSA) is 52.9 Å². The highest BCUT2D eigenvalue weighted by molar-refractivity contribution is 6.01. The van der Waals surface area contributed by atoms with E-state index in [0.717, 1.165) is 16.8 Å². The first-order valence-electron chi connectivity index (χ1n) is 6.62. The lowest BCUT2D eigenvalue weighted by molar-refractivity contribution is -0.119. The molecule has 3 nitrogen and oxygen atoms in total. The van der Waals surface area contributed by atoms with Crippen molar-refractivity contribution in [1.29, 1.82) is 5.26 Å². The monoisotopic (exact) mass is 262 g/mol. The second-order valence-electron chi connectivity index (χ2n) is 5.06.